The van der Waals surface area contributed by atoms with Crippen molar-refractivity contribution in [3.8, 4) is 11.4 Å². The summed E-state index contributed by atoms with van der Waals surface area (Å²) in [6.07, 6.45) is 9.32. The molecule has 5 rings (SSSR count). The molecule has 1 aromatic carbocycles. The molecule has 0 bridgehead atoms. The molecule has 2 aliphatic rings. The Morgan fingerprint density at radius 1 is 1.13 bits per heavy atom. The van der Waals surface area contributed by atoms with E-state index in [1.165, 1.54) is 54.3 Å². The van der Waals surface area contributed by atoms with Crippen molar-refractivity contribution in [3.63, 3.8) is 0 Å². The molecule has 0 radical (unpaired) electrons. The van der Waals surface area contributed by atoms with Crippen molar-refractivity contribution in [2.75, 3.05) is 13.2 Å². The third-order valence-corrected chi connectivity index (χ3v) is 6.64. The van der Waals surface area contributed by atoms with Crippen LogP contribution < -0.4 is 15.6 Å². The number of benzene rings is 1. The minimum Gasteiger partial charge on any atom is -0.493 e. The Morgan fingerprint density at radius 3 is 2.77 bits per heavy atom. The molecule has 1 N–H and O–H groups in total. The summed E-state index contributed by atoms with van der Waals surface area (Å²) in [5.74, 6) is 1.31. The Balaban J connectivity index is 0.00000218. The van der Waals surface area contributed by atoms with Gasteiger partial charge in [-0.3, -0.25) is 9.36 Å². The number of nitrogens with one attached hydrogen (secondary N) is 1. The van der Waals surface area contributed by atoms with E-state index in [9.17, 15) is 4.79 Å². The number of fused-ring (bicyclic) bond motifs is 3. The summed E-state index contributed by atoms with van der Waals surface area (Å²) in [7, 11) is 2.13. The number of rotatable bonds is 4. The van der Waals surface area contributed by atoms with Crippen LogP contribution in [0.4, 0.5) is 0 Å². The number of hydrogen-bond donors (Lipinski definition) is 1. The van der Waals surface area contributed by atoms with Crippen molar-refractivity contribution in [2.45, 2.75) is 45.1 Å². The van der Waals surface area contributed by atoms with Crippen molar-refractivity contribution in [3.05, 3.63) is 58.1 Å². The molecule has 0 atom stereocenters. The van der Waals surface area contributed by atoms with Gasteiger partial charge in [0.15, 0.2) is 0 Å². The number of pyridine rings is 1. The lowest BCUT2D eigenvalue weighted by Gasteiger charge is -2.21. The van der Waals surface area contributed by atoms with Crippen molar-refractivity contribution < 1.29 is 4.74 Å². The number of nitrogens with zero attached hydrogens (tertiary/aromatic N) is 2. The number of aryl methyl sites for hydroxylation is 1. The molecule has 3 aromatic rings. The van der Waals surface area contributed by atoms with Crippen LogP contribution in [0.1, 0.15) is 43.4 Å². The summed E-state index contributed by atoms with van der Waals surface area (Å²) in [4.78, 5) is 12.8. The highest BCUT2D eigenvalue weighted by atomic mass is 35.5. The molecule has 0 saturated heterocycles. The molecule has 30 heavy (non-hydrogen) atoms. The van der Waals surface area contributed by atoms with Crippen LogP contribution in [0.5, 0.6) is 5.75 Å². The van der Waals surface area contributed by atoms with Crippen molar-refractivity contribution in [2.24, 2.45) is 13.0 Å². The molecule has 5 nitrogen and oxygen atoms in total. The predicted molar refractivity (Wildman–Crippen MR) is 123 cm³/mol. The van der Waals surface area contributed by atoms with Gasteiger partial charge in [-0.05, 0) is 42.5 Å². The molecule has 3 heterocycles. The Labute approximate surface area is 183 Å². The van der Waals surface area contributed by atoms with Crippen LogP contribution in [-0.4, -0.2) is 22.3 Å². The van der Waals surface area contributed by atoms with Crippen LogP contribution >= 0.6 is 12.4 Å². The second kappa shape index (κ2) is 8.86. The number of aromatic nitrogens is 2. The van der Waals surface area contributed by atoms with E-state index in [1.807, 2.05) is 18.3 Å². The standard InChI is InChI=1S/C24H29N3O2.ClH/c1-26-22-9-11-25-15-21(22)20-8-7-18(13-23(20)26)27-12-10-19(14-24(27)28)29-16-17-5-3-2-4-6-17;/h7-8,10,12-14,17,25H,2-6,9,11,15-16H2,1H3;1H. The molecule has 6 heteroatoms. The van der Waals surface area contributed by atoms with Crippen LogP contribution in [0, 0.1) is 5.92 Å². The van der Waals surface area contributed by atoms with Gasteiger partial charge in [-0.25, -0.2) is 0 Å². The summed E-state index contributed by atoms with van der Waals surface area (Å²) in [6, 6.07) is 9.84. The normalized spacial score (nSPS) is 16.8. The summed E-state index contributed by atoms with van der Waals surface area (Å²) < 4.78 is 9.92. The fraction of sp³-hybridized carbons (Fsp3) is 0.458. The number of halogens is 1. The first kappa shape index (κ1) is 21.0. The van der Waals surface area contributed by atoms with Gasteiger partial charge in [-0.15, -0.1) is 12.4 Å². The average Bonchev–Trinajstić information content (AvgIpc) is 3.05. The highest BCUT2D eigenvalue weighted by Crippen LogP contribution is 2.29. The van der Waals surface area contributed by atoms with E-state index >= 15 is 0 Å². The quantitative estimate of drug-likeness (QED) is 0.673. The Bertz CT molecular complexity index is 1100. The molecule has 160 valence electrons. The zero-order valence-corrected chi connectivity index (χ0v) is 18.3. The van der Waals surface area contributed by atoms with E-state index in [4.69, 9.17) is 4.74 Å². The maximum Gasteiger partial charge on any atom is 0.258 e. The van der Waals surface area contributed by atoms with E-state index < -0.39 is 0 Å². The zero-order chi connectivity index (χ0) is 19.8. The number of ether oxygens (including phenoxy) is 1. The molecular formula is C24H30ClN3O2. The number of hydrogen-bond acceptors (Lipinski definition) is 3. The van der Waals surface area contributed by atoms with Crippen LogP contribution in [0.15, 0.2) is 41.3 Å². The van der Waals surface area contributed by atoms with Gasteiger partial charge in [0.1, 0.15) is 5.75 Å². The first-order valence-corrected chi connectivity index (χ1v) is 10.9. The van der Waals surface area contributed by atoms with Gasteiger partial charge in [0.2, 0.25) is 0 Å². The maximum absolute atomic E-state index is 12.8. The summed E-state index contributed by atoms with van der Waals surface area (Å²) in [5.41, 5.74) is 4.81. The van der Waals surface area contributed by atoms with Gasteiger partial charge in [0.25, 0.3) is 5.56 Å². The zero-order valence-electron chi connectivity index (χ0n) is 17.5. The third-order valence-electron chi connectivity index (χ3n) is 6.64. The highest BCUT2D eigenvalue weighted by molar-refractivity contribution is 5.87. The molecule has 0 amide bonds. The lowest BCUT2D eigenvalue weighted by atomic mass is 9.90. The van der Waals surface area contributed by atoms with Gasteiger partial charge in [0, 0.05) is 49.9 Å². The molecule has 2 aromatic heterocycles. The Morgan fingerprint density at radius 2 is 1.97 bits per heavy atom. The Kier molecular flexibility index (Phi) is 6.21. The fourth-order valence-electron chi connectivity index (χ4n) is 4.97. The molecule has 0 spiro atoms. The predicted octanol–water partition coefficient (Wildman–Crippen LogP) is 4.36. The maximum atomic E-state index is 12.8. The lowest BCUT2D eigenvalue weighted by molar-refractivity contribution is 0.208. The van der Waals surface area contributed by atoms with Gasteiger partial charge >= 0.3 is 0 Å². The lowest BCUT2D eigenvalue weighted by Crippen LogP contribution is -2.24. The van der Waals surface area contributed by atoms with Crippen LogP contribution in [-0.2, 0) is 20.0 Å². The fourth-order valence-corrected chi connectivity index (χ4v) is 4.97. The van der Waals surface area contributed by atoms with Gasteiger partial charge in [-0.1, -0.05) is 25.3 Å². The summed E-state index contributed by atoms with van der Waals surface area (Å²) in [6.45, 7) is 2.66. The second-order valence-corrected chi connectivity index (χ2v) is 8.50. The molecule has 1 saturated carbocycles. The molecule has 1 fully saturated rings. The summed E-state index contributed by atoms with van der Waals surface area (Å²) >= 11 is 0. The Hall–Kier alpha value is -2.24. The first-order valence-electron chi connectivity index (χ1n) is 10.9. The second-order valence-electron chi connectivity index (χ2n) is 8.50. The minimum absolute atomic E-state index is 0. The van der Waals surface area contributed by atoms with E-state index in [0.29, 0.717) is 11.7 Å². The van der Waals surface area contributed by atoms with Crippen LogP contribution in [0.25, 0.3) is 16.6 Å². The minimum atomic E-state index is -0.0499. The van der Waals surface area contributed by atoms with Crippen LogP contribution in [0.3, 0.4) is 0 Å². The molecule has 1 aliphatic carbocycles. The van der Waals surface area contributed by atoms with E-state index in [1.54, 1.807) is 10.6 Å². The first-order chi connectivity index (χ1) is 14.2. The van der Waals surface area contributed by atoms with E-state index in [-0.39, 0.29) is 18.0 Å². The van der Waals surface area contributed by atoms with Gasteiger partial charge < -0.3 is 14.6 Å². The highest BCUT2D eigenvalue weighted by Gasteiger charge is 2.18. The van der Waals surface area contributed by atoms with Crippen molar-refractivity contribution >= 4 is 23.3 Å². The SMILES string of the molecule is Cl.Cn1c2c(c3ccc(-n4ccc(OCC5CCCCC5)cc4=O)cc31)CNCC2. The smallest absolute Gasteiger partial charge is 0.258 e. The molecular weight excluding hydrogens is 398 g/mol. The molecule has 0 unspecified atom stereocenters. The van der Waals surface area contributed by atoms with Gasteiger partial charge in [-0.2, -0.15) is 0 Å². The van der Waals surface area contributed by atoms with Crippen molar-refractivity contribution in [1.82, 2.24) is 14.5 Å². The molecule has 1 aliphatic heterocycles. The van der Waals surface area contributed by atoms with Crippen LogP contribution in [0.2, 0.25) is 0 Å². The van der Waals surface area contributed by atoms with Crippen molar-refractivity contribution in [1.29, 1.82) is 0 Å². The monoisotopic (exact) mass is 427 g/mol. The average molecular weight is 428 g/mol. The van der Waals surface area contributed by atoms with E-state index in [2.05, 4.69) is 29.1 Å². The third kappa shape index (κ3) is 3.88. The topological polar surface area (TPSA) is 48.2 Å². The van der Waals surface area contributed by atoms with E-state index in [0.717, 1.165) is 31.8 Å². The summed E-state index contributed by atoms with van der Waals surface area (Å²) in [5, 5.41) is 4.74. The van der Waals surface area contributed by atoms with Gasteiger partial charge in [0.05, 0.1) is 17.8 Å². The largest absolute Gasteiger partial charge is 0.493 e.